The molecule has 0 radical (unpaired) electrons. The molecule has 24 heavy (non-hydrogen) atoms. The SMILES string of the molecule is CCC1C=c2nc(N)c3nn(Cc4ccccc4)c(=O)n3c2=CC1. The van der Waals surface area contributed by atoms with Gasteiger partial charge in [0, 0.05) is 0 Å². The van der Waals surface area contributed by atoms with E-state index in [0.717, 1.165) is 29.1 Å². The van der Waals surface area contributed by atoms with Crippen LogP contribution in [0.3, 0.4) is 0 Å². The van der Waals surface area contributed by atoms with Crippen molar-refractivity contribution in [2.45, 2.75) is 26.3 Å². The number of rotatable bonds is 3. The molecule has 0 saturated heterocycles. The van der Waals surface area contributed by atoms with Gasteiger partial charge in [-0.2, -0.15) is 0 Å². The first kappa shape index (κ1) is 14.7. The Kier molecular flexibility index (Phi) is 3.45. The van der Waals surface area contributed by atoms with Crippen LogP contribution in [0.15, 0.2) is 35.1 Å². The maximum absolute atomic E-state index is 12.9. The van der Waals surface area contributed by atoms with Crippen molar-refractivity contribution in [1.82, 2.24) is 19.2 Å². The van der Waals surface area contributed by atoms with Crippen LogP contribution in [0.4, 0.5) is 5.82 Å². The molecule has 0 amide bonds. The summed E-state index contributed by atoms with van der Waals surface area (Å²) in [4.78, 5) is 17.3. The molecule has 1 atom stereocenters. The van der Waals surface area contributed by atoms with E-state index in [1.54, 1.807) is 4.40 Å². The van der Waals surface area contributed by atoms with Crippen LogP contribution < -0.4 is 22.1 Å². The van der Waals surface area contributed by atoms with Gasteiger partial charge in [-0.1, -0.05) is 49.4 Å². The summed E-state index contributed by atoms with van der Waals surface area (Å²) < 4.78 is 3.03. The molecule has 2 N–H and O–H groups in total. The van der Waals surface area contributed by atoms with E-state index in [2.05, 4.69) is 29.2 Å². The first-order valence-corrected chi connectivity index (χ1v) is 8.18. The molecule has 1 aromatic carbocycles. The Balaban J connectivity index is 1.94. The van der Waals surface area contributed by atoms with Gasteiger partial charge in [0.1, 0.15) is 0 Å². The average Bonchev–Trinajstić information content (AvgIpc) is 2.93. The fraction of sp³-hybridized carbons (Fsp3) is 0.278. The zero-order valence-electron chi connectivity index (χ0n) is 13.5. The minimum Gasteiger partial charge on any atom is -0.381 e. The molecule has 2 heterocycles. The number of nitrogens with two attached hydrogens (primary N) is 1. The standard InChI is InChI=1S/C18H19N5O/c1-2-12-8-9-15-14(10-12)20-16(19)17-21-22(18(24)23(15)17)11-13-6-4-3-5-7-13/h3-7,9-10,12H,2,8,11H2,1H3,(H2,19,20). The second-order valence-corrected chi connectivity index (χ2v) is 6.13. The summed E-state index contributed by atoms with van der Waals surface area (Å²) in [5, 5.41) is 5.98. The summed E-state index contributed by atoms with van der Waals surface area (Å²) in [6, 6.07) is 9.78. The van der Waals surface area contributed by atoms with Crippen LogP contribution in [0.5, 0.6) is 0 Å². The van der Waals surface area contributed by atoms with Gasteiger partial charge in [-0.15, -0.1) is 5.10 Å². The number of anilines is 1. The van der Waals surface area contributed by atoms with E-state index in [0.29, 0.717) is 23.9 Å². The zero-order chi connectivity index (χ0) is 16.7. The van der Waals surface area contributed by atoms with Crippen molar-refractivity contribution in [3.8, 4) is 0 Å². The molecule has 1 aliphatic rings. The lowest BCUT2D eigenvalue weighted by molar-refractivity contribution is 0.654. The van der Waals surface area contributed by atoms with Gasteiger partial charge in [-0.05, 0) is 24.3 Å². The maximum Gasteiger partial charge on any atom is 0.351 e. The number of aromatic nitrogens is 4. The molecular formula is C18H19N5O. The lowest BCUT2D eigenvalue weighted by atomic mass is 9.98. The molecule has 0 saturated carbocycles. The normalized spacial score (nSPS) is 16.5. The minimum atomic E-state index is -0.182. The van der Waals surface area contributed by atoms with Crippen LogP contribution in [0.2, 0.25) is 0 Å². The predicted octanol–water partition coefficient (Wildman–Crippen LogP) is 0.512. The number of fused-ring (bicyclic) bond motifs is 3. The molecule has 6 nitrogen and oxygen atoms in total. The van der Waals surface area contributed by atoms with E-state index < -0.39 is 0 Å². The molecule has 0 fully saturated rings. The Labute approximate surface area is 138 Å². The fourth-order valence-corrected chi connectivity index (χ4v) is 3.16. The van der Waals surface area contributed by atoms with Gasteiger partial charge in [0.2, 0.25) is 5.65 Å². The van der Waals surface area contributed by atoms with Gasteiger partial charge in [0.05, 0.1) is 17.2 Å². The smallest absolute Gasteiger partial charge is 0.351 e. The summed E-state index contributed by atoms with van der Waals surface area (Å²) in [6.07, 6.45) is 6.11. The summed E-state index contributed by atoms with van der Waals surface area (Å²) >= 11 is 0. The van der Waals surface area contributed by atoms with Crippen LogP contribution in [-0.4, -0.2) is 19.2 Å². The van der Waals surface area contributed by atoms with Crippen molar-refractivity contribution in [3.05, 3.63) is 57.1 Å². The molecule has 1 unspecified atom stereocenters. The number of hydrogen-bond donors (Lipinski definition) is 1. The molecule has 2 aromatic heterocycles. The van der Waals surface area contributed by atoms with Gasteiger partial charge in [0.25, 0.3) is 0 Å². The van der Waals surface area contributed by atoms with Crippen molar-refractivity contribution in [3.63, 3.8) is 0 Å². The highest BCUT2D eigenvalue weighted by molar-refractivity contribution is 5.59. The second-order valence-electron chi connectivity index (χ2n) is 6.13. The molecule has 122 valence electrons. The number of hydrogen-bond acceptors (Lipinski definition) is 4. The first-order valence-electron chi connectivity index (χ1n) is 8.18. The molecule has 3 aromatic rings. The van der Waals surface area contributed by atoms with E-state index in [-0.39, 0.29) is 5.69 Å². The van der Waals surface area contributed by atoms with Crippen molar-refractivity contribution < 1.29 is 0 Å². The van der Waals surface area contributed by atoms with Crippen LogP contribution in [0, 0.1) is 5.92 Å². The van der Waals surface area contributed by atoms with E-state index in [9.17, 15) is 4.79 Å². The van der Waals surface area contributed by atoms with Crippen LogP contribution >= 0.6 is 0 Å². The molecule has 0 aliphatic heterocycles. The maximum atomic E-state index is 12.9. The van der Waals surface area contributed by atoms with Crippen LogP contribution in [0.25, 0.3) is 17.8 Å². The highest BCUT2D eigenvalue weighted by Gasteiger charge is 2.15. The van der Waals surface area contributed by atoms with Gasteiger partial charge < -0.3 is 5.73 Å². The molecule has 1 aliphatic carbocycles. The summed E-state index contributed by atoms with van der Waals surface area (Å²) in [5.74, 6) is 0.732. The number of nitrogens with zero attached hydrogens (tertiary/aromatic N) is 4. The summed E-state index contributed by atoms with van der Waals surface area (Å²) in [5.41, 5.74) is 7.32. The lowest BCUT2D eigenvalue weighted by Crippen LogP contribution is -2.42. The monoisotopic (exact) mass is 321 g/mol. The Bertz CT molecular complexity index is 1080. The van der Waals surface area contributed by atoms with Gasteiger partial charge in [-0.3, -0.25) is 0 Å². The summed E-state index contributed by atoms with van der Waals surface area (Å²) in [6.45, 7) is 2.56. The fourth-order valence-electron chi connectivity index (χ4n) is 3.16. The van der Waals surface area contributed by atoms with E-state index in [1.165, 1.54) is 4.68 Å². The van der Waals surface area contributed by atoms with Gasteiger partial charge in [-0.25, -0.2) is 18.9 Å². The average molecular weight is 321 g/mol. The summed E-state index contributed by atoms with van der Waals surface area (Å²) in [7, 11) is 0. The number of nitrogen functional groups attached to an aromatic ring is 1. The highest BCUT2D eigenvalue weighted by Crippen LogP contribution is 2.12. The van der Waals surface area contributed by atoms with Crippen molar-refractivity contribution in [2.75, 3.05) is 5.73 Å². The third-order valence-corrected chi connectivity index (χ3v) is 4.52. The Morgan fingerprint density at radius 1 is 1.29 bits per heavy atom. The van der Waals surface area contributed by atoms with E-state index >= 15 is 0 Å². The number of benzene rings is 1. The molecule has 0 spiro atoms. The predicted molar refractivity (Wildman–Crippen MR) is 93.8 cm³/mol. The first-order chi connectivity index (χ1) is 11.7. The van der Waals surface area contributed by atoms with Crippen LogP contribution in [-0.2, 0) is 6.54 Å². The molecule has 4 rings (SSSR count). The largest absolute Gasteiger partial charge is 0.381 e. The topological polar surface area (TPSA) is 78.2 Å². The second kappa shape index (κ2) is 5.63. The molecule has 0 bridgehead atoms. The third kappa shape index (κ3) is 2.31. The lowest BCUT2D eigenvalue weighted by Gasteiger charge is -2.11. The Hall–Kier alpha value is -2.89. The highest BCUT2D eigenvalue weighted by atomic mass is 16.2. The van der Waals surface area contributed by atoms with Gasteiger partial charge in [0.15, 0.2) is 5.82 Å². The molecular weight excluding hydrogens is 302 g/mol. The third-order valence-electron chi connectivity index (χ3n) is 4.52. The van der Waals surface area contributed by atoms with Gasteiger partial charge >= 0.3 is 5.69 Å². The van der Waals surface area contributed by atoms with Crippen molar-refractivity contribution in [2.24, 2.45) is 5.92 Å². The van der Waals surface area contributed by atoms with Crippen molar-refractivity contribution in [1.29, 1.82) is 0 Å². The van der Waals surface area contributed by atoms with E-state index in [1.807, 2.05) is 30.3 Å². The zero-order valence-corrected chi connectivity index (χ0v) is 13.5. The Morgan fingerprint density at radius 2 is 2.08 bits per heavy atom. The Morgan fingerprint density at radius 3 is 2.83 bits per heavy atom. The van der Waals surface area contributed by atoms with Crippen LogP contribution in [0.1, 0.15) is 25.3 Å². The van der Waals surface area contributed by atoms with E-state index in [4.69, 9.17) is 5.73 Å². The molecule has 6 heteroatoms. The minimum absolute atomic E-state index is 0.182. The quantitative estimate of drug-likeness (QED) is 0.762. The van der Waals surface area contributed by atoms with Crippen molar-refractivity contribution >= 4 is 23.6 Å².